The molecule has 0 nitrogen and oxygen atoms in total. The quantitative estimate of drug-likeness (QED) is 0.578. The lowest BCUT2D eigenvalue weighted by Crippen LogP contribution is -1.93. The fraction of sp³-hybridized carbons (Fsp3) is 0.143. The molecule has 0 spiro atoms. The van der Waals surface area contributed by atoms with Gasteiger partial charge in [-0.05, 0) is 54.2 Å². The highest BCUT2D eigenvalue weighted by Crippen LogP contribution is 2.21. The molecular formula is C21H18F2. The van der Waals surface area contributed by atoms with E-state index in [0.717, 1.165) is 18.1 Å². The Balaban J connectivity index is 1.69. The topological polar surface area (TPSA) is 0 Å². The molecule has 0 aromatic heterocycles. The minimum Gasteiger partial charge on any atom is -0.207 e. The van der Waals surface area contributed by atoms with E-state index in [4.69, 9.17) is 0 Å². The molecule has 0 aliphatic heterocycles. The van der Waals surface area contributed by atoms with Crippen LogP contribution in [-0.2, 0) is 12.8 Å². The zero-order chi connectivity index (χ0) is 16.2. The van der Waals surface area contributed by atoms with Crippen LogP contribution in [-0.4, -0.2) is 0 Å². The molecule has 0 radical (unpaired) electrons. The number of aryl methyl sites for hydroxylation is 3. The van der Waals surface area contributed by atoms with Crippen molar-refractivity contribution in [2.75, 3.05) is 0 Å². The summed E-state index contributed by atoms with van der Waals surface area (Å²) in [4.78, 5) is 0. The van der Waals surface area contributed by atoms with Crippen molar-refractivity contribution in [3.63, 3.8) is 0 Å². The molecule has 3 rings (SSSR count). The van der Waals surface area contributed by atoms with Crippen molar-refractivity contribution in [3.05, 3.63) is 95.1 Å². The summed E-state index contributed by atoms with van der Waals surface area (Å²) in [5, 5.41) is 0. The largest absolute Gasteiger partial charge is 0.207 e. The summed E-state index contributed by atoms with van der Waals surface area (Å²) in [5.41, 5.74) is 5.45. The lowest BCUT2D eigenvalue weighted by Gasteiger charge is -2.06. The van der Waals surface area contributed by atoms with Crippen molar-refractivity contribution in [2.24, 2.45) is 0 Å². The number of halogens is 2. The summed E-state index contributed by atoms with van der Waals surface area (Å²) in [7, 11) is 0. The normalized spacial score (nSPS) is 10.7. The Morgan fingerprint density at radius 2 is 1.09 bits per heavy atom. The molecule has 3 aromatic rings. The average molecular weight is 308 g/mol. The highest BCUT2D eigenvalue weighted by molar-refractivity contribution is 5.63. The van der Waals surface area contributed by atoms with Gasteiger partial charge >= 0.3 is 0 Å². The first-order chi connectivity index (χ1) is 11.1. The van der Waals surface area contributed by atoms with E-state index in [9.17, 15) is 8.78 Å². The van der Waals surface area contributed by atoms with Crippen LogP contribution >= 0.6 is 0 Å². The van der Waals surface area contributed by atoms with Gasteiger partial charge in [0.05, 0.1) is 0 Å². The molecule has 0 atom stereocenters. The molecule has 3 aromatic carbocycles. The first-order valence-electron chi connectivity index (χ1n) is 7.71. The number of rotatable bonds is 4. The molecule has 2 heteroatoms. The summed E-state index contributed by atoms with van der Waals surface area (Å²) in [5.74, 6) is -1.04. The van der Waals surface area contributed by atoms with E-state index < -0.39 is 11.6 Å². The van der Waals surface area contributed by atoms with E-state index in [2.05, 4.69) is 55.5 Å². The van der Waals surface area contributed by atoms with Crippen molar-refractivity contribution in [2.45, 2.75) is 19.8 Å². The maximum Gasteiger partial charge on any atom is 0.126 e. The first-order valence-corrected chi connectivity index (χ1v) is 7.71. The van der Waals surface area contributed by atoms with Gasteiger partial charge < -0.3 is 0 Å². The van der Waals surface area contributed by atoms with Crippen molar-refractivity contribution >= 4 is 0 Å². The molecule has 0 heterocycles. The fourth-order valence-corrected chi connectivity index (χ4v) is 2.65. The number of benzene rings is 3. The highest BCUT2D eigenvalue weighted by Gasteiger charge is 2.02. The maximum atomic E-state index is 13.2. The summed E-state index contributed by atoms with van der Waals surface area (Å²) < 4.78 is 26.4. The summed E-state index contributed by atoms with van der Waals surface area (Å²) >= 11 is 0. The zero-order valence-corrected chi connectivity index (χ0v) is 13.0. The summed E-state index contributed by atoms with van der Waals surface area (Å²) in [6.07, 6.45) is 1.38. The number of hydrogen-bond donors (Lipinski definition) is 0. The molecule has 0 amide bonds. The molecule has 116 valence electrons. The lowest BCUT2D eigenvalue weighted by atomic mass is 10.00. The van der Waals surface area contributed by atoms with Crippen molar-refractivity contribution < 1.29 is 8.78 Å². The maximum absolute atomic E-state index is 13.2. The van der Waals surface area contributed by atoms with Crippen LogP contribution < -0.4 is 0 Å². The predicted molar refractivity (Wildman–Crippen MR) is 90.4 cm³/mol. The molecule has 0 aliphatic rings. The van der Waals surface area contributed by atoms with Gasteiger partial charge in [-0.1, -0.05) is 54.1 Å². The van der Waals surface area contributed by atoms with Gasteiger partial charge in [0.1, 0.15) is 11.6 Å². The Labute approximate surface area is 135 Å². The smallest absolute Gasteiger partial charge is 0.126 e. The highest BCUT2D eigenvalue weighted by atomic mass is 19.1. The first kappa shape index (κ1) is 15.4. The molecule has 0 unspecified atom stereocenters. The minimum atomic E-state index is -0.519. The predicted octanol–water partition coefficient (Wildman–Crippen LogP) is 5.73. The Hall–Kier alpha value is -2.48. The standard InChI is InChI=1S/C21H18F2/c1-15-2-8-18(9-3-15)19-10-6-16(7-11-19)4-5-17-12-20(22)14-21(23)13-17/h2-3,6-14H,4-5H2,1H3. The molecule has 0 fully saturated rings. The zero-order valence-electron chi connectivity index (χ0n) is 13.0. The van der Waals surface area contributed by atoms with Gasteiger partial charge in [-0.25, -0.2) is 8.78 Å². The van der Waals surface area contributed by atoms with E-state index in [1.54, 1.807) is 0 Å². The van der Waals surface area contributed by atoms with Crippen LogP contribution in [0.25, 0.3) is 11.1 Å². The third kappa shape index (κ3) is 4.04. The Bertz CT molecular complexity index is 767. The minimum absolute atomic E-state index is 0.519. The van der Waals surface area contributed by atoms with Crippen LogP contribution in [0, 0.1) is 18.6 Å². The van der Waals surface area contributed by atoms with Crippen molar-refractivity contribution in [3.8, 4) is 11.1 Å². The van der Waals surface area contributed by atoms with E-state index in [0.29, 0.717) is 12.0 Å². The lowest BCUT2D eigenvalue weighted by molar-refractivity contribution is 0.579. The fourth-order valence-electron chi connectivity index (χ4n) is 2.65. The van der Waals surface area contributed by atoms with Crippen molar-refractivity contribution in [1.82, 2.24) is 0 Å². The van der Waals surface area contributed by atoms with Gasteiger partial charge in [-0.2, -0.15) is 0 Å². The number of hydrogen-bond acceptors (Lipinski definition) is 0. The molecule has 0 saturated carbocycles. The van der Waals surface area contributed by atoms with Crippen molar-refractivity contribution in [1.29, 1.82) is 0 Å². The third-order valence-corrected chi connectivity index (χ3v) is 3.96. The van der Waals surface area contributed by atoms with Crippen LogP contribution in [0.3, 0.4) is 0 Å². The van der Waals surface area contributed by atoms with Crippen LogP contribution in [0.4, 0.5) is 8.78 Å². The molecule has 0 saturated heterocycles. The molecule has 0 aliphatic carbocycles. The second-order valence-electron chi connectivity index (χ2n) is 5.84. The summed E-state index contributed by atoms with van der Waals surface area (Å²) in [6, 6.07) is 20.4. The van der Waals surface area contributed by atoms with Crippen LogP contribution in [0.1, 0.15) is 16.7 Å². The molecule has 23 heavy (non-hydrogen) atoms. The van der Waals surface area contributed by atoms with Crippen LogP contribution in [0.15, 0.2) is 66.7 Å². The molecule has 0 N–H and O–H groups in total. The van der Waals surface area contributed by atoms with E-state index in [-0.39, 0.29) is 0 Å². The van der Waals surface area contributed by atoms with Crippen LogP contribution in [0.2, 0.25) is 0 Å². The third-order valence-electron chi connectivity index (χ3n) is 3.96. The molecule has 0 bridgehead atoms. The van der Waals surface area contributed by atoms with Gasteiger partial charge in [0, 0.05) is 6.07 Å². The Kier molecular flexibility index (Phi) is 4.52. The second kappa shape index (κ2) is 6.74. The molecular weight excluding hydrogens is 290 g/mol. The van der Waals surface area contributed by atoms with Gasteiger partial charge in [0.15, 0.2) is 0 Å². The average Bonchev–Trinajstić information content (AvgIpc) is 2.53. The van der Waals surface area contributed by atoms with E-state index >= 15 is 0 Å². The Morgan fingerprint density at radius 3 is 1.65 bits per heavy atom. The monoisotopic (exact) mass is 308 g/mol. The van der Waals surface area contributed by atoms with E-state index in [1.165, 1.54) is 28.8 Å². The van der Waals surface area contributed by atoms with Gasteiger partial charge in [0.2, 0.25) is 0 Å². The van der Waals surface area contributed by atoms with Gasteiger partial charge in [-0.3, -0.25) is 0 Å². The Morgan fingerprint density at radius 1 is 0.609 bits per heavy atom. The van der Waals surface area contributed by atoms with Gasteiger partial charge in [-0.15, -0.1) is 0 Å². The van der Waals surface area contributed by atoms with Crippen LogP contribution in [0.5, 0.6) is 0 Å². The van der Waals surface area contributed by atoms with E-state index in [1.807, 2.05) is 0 Å². The summed E-state index contributed by atoms with van der Waals surface area (Å²) in [6.45, 7) is 2.07. The SMILES string of the molecule is Cc1ccc(-c2ccc(CCc3cc(F)cc(F)c3)cc2)cc1. The van der Waals surface area contributed by atoms with Gasteiger partial charge in [0.25, 0.3) is 0 Å². The second-order valence-corrected chi connectivity index (χ2v) is 5.84.